The summed E-state index contributed by atoms with van der Waals surface area (Å²) in [7, 11) is 2.39. The third-order valence-corrected chi connectivity index (χ3v) is 9.36. The van der Waals surface area contributed by atoms with Crippen LogP contribution in [0.5, 0.6) is 0 Å². The van der Waals surface area contributed by atoms with E-state index in [1.54, 1.807) is 23.0 Å². The molecule has 1 unspecified atom stereocenters. The van der Waals surface area contributed by atoms with Gasteiger partial charge in [-0.05, 0) is 35.6 Å². The van der Waals surface area contributed by atoms with E-state index >= 15 is 0 Å². The largest absolute Gasteiger partial charge is 0.450 e. The highest BCUT2D eigenvalue weighted by Crippen LogP contribution is 2.28. The fourth-order valence-electron chi connectivity index (χ4n) is 4.56. The Bertz CT molecular complexity index is 1370. The molecular weight excluding hydrogens is 567 g/mol. The molecule has 0 N–H and O–H groups in total. The van der Waals surface area contributed by atoms with Crippen molar-refractivity contribution in [3.05, 3.63) is 77.5 Å². The molecule has 2 heterocycles. The molecule has 0 saturated heterocycles. The highest BCUT2D eigenvalue weighted by Gasteiger charge is 2.28. The summed E-state index contributed by atoms with van der Waals surface area (Å²) < 4.78 is 12.0. The Morgan fingerprint density at radius 1 is 1.12 bits per heavy atom. The summed E-state index contributed by atoms with van der Waals surface area (Å²) in [4.78, 5) is 40.6. The second-order valence-corrected chi connectivity index (χ2v) is 18.1. The van der Waals surface area contributed by atoms with Gasteiger partial charge in [-0.3, -0.25) is 4.79 Å². The van der Waals surface area contributed by atoms with Crippen molar-refractivity contribution in [2.45, 2.75) is 43.6 Å². The molecule has 3 aromatic rings. The Morgan fingerprint density at radius 2 is 1.88 bits per heavy atom. The van der Waals surface area contributed by atoms with Crippen LogP contribution in [0, 0.1) is 0 Å². The van der Waals surface area contributed by atoms with Crippen LogP contribution >= 0.6 is 11.8 Å². The van der Waals surface area contributed by atoms with Crippen molar-refractivity contribution in [1.29, 1.82) is 0 Å². The topological polar surface area (TPSA) is 88.1 Å². The summed E-state index contributed by atoms with van der Waals surface area (Å²) in [5.74, 6) is 0.520. The molecule has 11 heteroatoms. The molecule has 1 aliphatic rings. The number of aromatic nitrogens is 2. The Labute approximate surface area is 254 Å². The summed E-state index contributed by atoms with van der Waals surface area (Å²) in [6.07, 6.45) is 2.84. The number of thioether (sulfide) groups is 1. The van der Waals surface area contributed by atoms with Gasteiger partial charge in [0, 0.05) is 47.1 Å². The first-order valence-electron chi connectivity index (χ1n) is 14.1. The van der Waals surface area contributed by atoms with Gasteiger partial charge in [-0.25, -0.2) is 14.8 Å². The number of hydrogen-bond donors (Lipinski definition) is 0. The Morgan fingerprint density at radius 3 is 2.60 bits per heavy atom. The van der Waals surface area contributed by atoms with E-state index in [0.717, 1.165) is 22.9 Å². The number of rotatable bonds is 11. The van der Waals surface area contributed by atoms with Crippen LogP contribution in [0.4, 0.5) is 16.3 Å². The van der Waals surface area contributed by atoms with Crippen molar-refractivity contribution < 1.29 is 19.1 Å². The quantitative estimate of drug-likeness (QED) is 0.150. The van der Waals surface area contributed by atoms with Crippen molar-refractivity contribution >= 4 is 43.3 Å². The molecule has 2 aromatic carbocycles. The Kier molecular flexibility index (Phi) is 10.6. The summed E-state index contributed by atoms with van der Waals surface area (Å²) in [5.41, 5.74) is 3.17. The Hall–Kier alpha value is -3.41. The number of likely N-dealkylation sites (N-methyl/N-ethyl adjacent to an activating group) is 2. The van der Waals surface area contributed by atoms with Crippen molar-refractivity contribution in [2.75, 3.05) is 56.4 Å². The fraction of sp³-hybridized carbons (Fsp3) is 0.419. The van der Waals surface area contributed by atoms with Crippen LogP contribution in [0.3, 0.4) is 0 Å². The van der Waals surface area contributed by atoms with Crippen LogP contribution in [0.15, 0.2) is 66.0 Å². The average molecular weight is 608 g/mol. The van der Waals surface area contributed by atoms with Gasteiger partial charge >= 0.3 is 6.09 Å². The smallest absolute Gasteiger partial charge is 0.409 e. The second kappa shape index (κ2) is 14.2. The van der Waals surface area contributed by atoms with Gasteiger partial charge in [-0.2, -0.15) is 0 Å². The van der Waals surface area contributed by atoms with Crippen LogP contribution in [0.25, 0.3) is 0 Å². The molecule has 224 valence electrons. The molecule has 2 amide bonds. The lowest BCUT2D eigenvalue weighted by molar-refractivity contribution is 0.0164. The van der Waals surface area contributed by atoms with E-state index in [1.165, 1.54) is 11.8 Å². The zero-order chi connectivity index (χ0) is 30.3. The molecule has 0 radical (unpaired) electrons. The molecule has 0 fully saturated rings. The summed E-state index contributed by atoms with van der Waals surface area (Å²) >= 11 is 1.45. The molecule has 1 aromatic heterocycles. The minimum Gasteiger partial charge on any atom is -0.450 e. The number of nitrogens with zero attached hydrogens (tertiary/aromatic N) is 5. The molecule has 42 heavy (non-hydrogen) atoms. The van der Waals surface area contributed by atoms with Gasteiger partial charge in [0.2, 0.25) is 0 Å². The van der Waals surface area contributed by atoms with Gasteiger partial charge in [-0.1, -0.05) is 73.9 Å². The van der Waals surface area contributed by atoms with Crippen LogP contribution < -0.4 is 9.80 Å². The zero-order valence-corrected chi connectivity index (χ0v) is 27.2. The molecule has 4 rings (SSSR count). The maximum atomic E-state index is 13.6. The van der Waals surface area contributed by atoms with E-state index in [1.807, 2.05) is 72.8 Å². The monoisotopic (exact) mass is 607 g/mol. The number of fused-ring (bicyclic) bond motifs is 1. The van der Waals surface area contributed by atoms with Gasteiger partial charge in [0.05, 0.1) is 19.8 Å². The van der Waals surface area contributed by atoms with Crippen LogP contribution in [-0.4, -0.2) is 81.5 Å². The van der Waals surface area contributed by atoms with Gasteiger partial charge < -0.3 is 24.2 Å². The molecule has 1 atom stereocenters. The fourth-order valence-corrected chi connectivity index (χ4v) is 5.61. The van der Waals surface area contributed by atoms with Gasteiger partial charge in [0.25, 0.3) is 5.91 Å². The van der Waals surface area contributed by atoms with Gasteiger partial charge in [0.15, 0.2) is 5.16 Å². The number of carbonyl (C=O) groups is 2. The number of carbonyl (C=O) groups excluding carboxylic acids is 2. The highest BCUT2D eigenvalue weighted by molar-refractivity contribution is 7.98. The number of benzene rings is 2. The van der Waals surface area contributed by atoms with Crippen molar-refractivity contribution in [3.63, 3.8) is 0 Å². The van der Waals surface area contributed by atoms with E-state index in [2.05, 4.69) is 29.6 Å². The maximum absolute atomic E-state index is 13.6. The summed E-state index contributed by atoms with van der Waals surface area (Å²) in [5, 5.41) is 0.638. The predicted molar refractivity (Wildman–Crippen MR) is 171 cm³/mol. The third-order valence-electron chi connectivity index (χ3n) is 7.10. The van der Waals surface area contributed by atoms with Crippen molar-refractivity contribution in [3.8, 4) is 0 Å². The SMILES string of the molecule is CSc1ncc2c(n1)N(C)CCN(c1cccc(COC(CN(C)C(=O)OCC[Si](C)(C)C)c3ccccc3)c1)C2=O. The number of amides is 2. The summed E-state index contributed by atoms with van der Waals surface area (Å²) in [6.45, 7) is 9.02. The lowest BCUT2D eigenvalue weighted by atomic mass is 10.1. The van der Waals surface area contributed by atoms with Crippen molar-refractivity contribution in [2.24, 2.45) is 0 Å². The molecule has 0 bridgehead atoms. The predicted octanol–water partition coefficient (Wildman–Crippen LogP) is 5.96. The van der Waals surface area contributed by atoms with Crippen molar-refractivity contribution in [1.82, 2.24) is 14.9 Å². The lowest BCUT2D eigenvalue weighted by Crippen LogP contribution is -2.34. The minimum atomic E-state index is -1.30. The van der Waals surface area contributed by atoms with E-state index < -0.39 is 8.07 Å². The van der Waals surface area contributed by atoms with Crippen LogP contribution in [-0.2, 0) is 16.1 Å². The second-order valence-electron chi connectivity index (χ2n) is 11.7. The van der Waals surface area contributed by atoms with Gasteiger partial charge in [0.1, 0.15) is 17.5 Å². The van der Waals surface area contributed by atoms with Gasteiger partial charge in [-0.15, -0.1) is 0 Å². The molecule has 1 aliphatic heterocycles. The number of anilines is 2. The average Bonchev–Trinajstić information content (AvgIpc) is 3.10. The molecule has 0 spiro atoms. The minimum absolute atomic E-state index is 0.128. The molecule has 0 aliphatic carbocycles. The molecular formula is C31H41N5O4SSi. The normalized spacial score (nSPS) is 14.3. The Balaban J connectivity index is 1.47. The lowest BCUT2D eigenvalue weighted by Gasteiger charge is -2.26. The maximum Gasteiger partial charge on any atom is 0.409 e. The summed E-state index contributed by atoms with van der Waals surface area (Å²) in [6, 6.07) is 18.6. The molecule has 0 saturated carbocycles. The zero-order valence-electron chi connectivity index (χ0n) is 25.4. The van der Waals surface area contributed by atoms with Crippen LogP contribution in [0.1, 0.15) is 27.6 Å². The van der Waals surface area contributed by atoms with E-state index in [-0.39, 0.29) is 18.1 Å². The first-order valence-corrected chi connectivity index (χ1v) is 19.1. The molecule has 9 nitrogen and oxygen atoms in total. The van der Waals surface area contributed by atoms with E-state index in [0.29, 0.717) is 49.4 Å². The third kappa shape index (κ3) is 8.33. The number of hydrogen-bond acceptors (Lipinski definition) is 8. The first kappa shape index (κ1) is 31.5. The van der Waals surface area contributed by atoms with E-state index in [9.17, 15) is 9.59 Å². The highest BCUT2D eigenvalue weighted by atomic mass is 32.2. The van der Waals surface area contributed by atoms with Crippen LogP contribution in [0.2, 0.25) is 25.7 Å². The van der Waals surface area contributed by atoms with E-state index in [4.69, 9.17) is 9.47 Å². The number of ether oxygens (including phenoxy) is 2. The standard InChI is InChI=1S/C31H41N5O4SSi/c1-34-15-16-36(29(37)26-20-32-30(41-3)33-28(26)34)25-14-10-11-23(19-25)22-40-27(24-12-8-7-9-13-24)21-35(2)31(38)39-17-18-42(4,5)6/h7-14,19-20,27H,15-18,21-22H2,1-6H3. The first-order chi connectivity index (χ1) is 20.1.